The van der Waals surface area contributed by atoms with Crippen molar-refractivity contribution in [2.24, 2.45) is 0 Å². The van der Waals surface area contributed by atoms with E-state index in [1.54, 1.807) is 0 Å². The molecule has 0 amide bonds. The quantitative estimate of drug-likeness (QED) is 0.180. The summed E-state index contributed by atoms with van der Waals surface area (Å²) in [5.74, 6) is 0. The van der Waals surface area contributed by atoms with Crippen LogP contribution in [0.15, 0.2) is 152 Å². The Hall–Kier alpha value is -5.46. The maximum atomic E-state index is 2.49. The van der Waals surface area contributed by atoms with Gasteiger partial charge in [-0.15, -0.1) is 0 Å². The molecule has 0 aliphatic heterocycles. The molecule has 0 heterocycles. The molecular weight excluding hydrogens is 589 g/mol. The zero-order valence-corrected chi connectivity index (χ0v) is 27.8. The van der Waals surface area contributed by atoms with Crippen LogP contribution >= 0.6 is 0 Å². The molecule has 0 heteroatoms. The van der Waals surface area contributed by atoms with Crippen molar-refractivity contribution in [1.82, 2.24) is 0 Å². The fourth-order valence-electron chi connectivity index (χ4n) is 10.4. The lowest BCUT2D eigenvalue weighted by Crippen LogP contribution is -2.25. The van der Waals surface area contributed by atoms with Gasteiger partial charge in [-0.3, -0.25) is 0 Å². The Morgan fingerprint density at radius 1 is 0.327 bits per heavy atom. The molecule has 0 fully saturated rings. The smallest absolute Gasteiger partial charge is 0.0295 e. The monoisotopic (exact) mass is 624 g/mol. The number of rotatable bonds is 2. The van der Waals surface area contributed by atoms with E-state index >= 15 is 0 Å². The molecule has 0 unspecified atom stereocenters. The van der Waals surface area contributed by atoms with Crippen LogP contribution in [0.2, 0.25) is 0 Å². The summed E-state index contributed by atoms with van der Waals surface area (Å²) in [5, 5.41) is 0. The van der Waals surface area contributed by atoms with Crippen molar-refractivity contribution in [2.45, 2.75) is 43.4 Å². The van der Waals surface area contributed by atoms with Gasteiger partial charge in [0.1, 0.15) is 0 Å². The van der Waals surface area contributed by atoms with Crippen molar-refractivity contribution >= 4 is 0 Å². The van der Waals surface area contributed by atoms with Crippen LogP contribution in [-0.4, -0.2) is 0 Å². The van der Waals surface area contributed by atoms with Crippen LogP contribution in [-0.2, 0) is 36.5 Å². The van der Waals surface area contributed by atoms with Crippen LogP contribution in [0, 0.1) is 6.92 Å². The van der Waals surface area contributed by atoms with Gasteiger partial charge in [-0.25, -0.2) is 0 Å². The Morgan fingerprint density at radius 3 is 1.06 bits per heavy atom. The molecule has 7 aromatic rings. The van der Waals surface area contributed by atoms with Crippen LogP contribution in [0.4, 0.5) is 0 Å². The van der Waals surface area contributed by atoms with Crippen LogP contribution in [0.25, 0.3) is 44.5 Å². The van der Waals surface area contributed by atoms with E-state index < -0.39 is 0 Å². The molecule has 49 heavy (non-hydrogen) atoms. The molecule has 4 aliphatic rings. The zero-order valence-electron chi connectivity index (χ0n) is 27.8. The first-order valence-electron chi connectivity index (χ1n) is 17.8. The lowest BCUT2D eigenvalue weighted by Gasteiger charge is -2.26. The molecule has 2 spiro atoms. The summed E-state index contributed by atoms with van der Waals surface area (Å²) in [7, 11) is 0. The van der Waals surface area contributed by atoms with E-state index in [9.17, 15) is 0 Å². The first kappa shape index (κ1) is 27.5. The highest BCUT2D eigenvalue weighted by molar-refractivity contribution is 5.84. The van der Waals surface area contributed by atoms with E-state index in [2.05, 4.69) is 159 Å². The molecule has 0 saturated heterocycles. The molecule has 0 N–H and O–H groups in total. The van der Waals surface area contributed by atoms with Crippen LogP contribution in [0.5, 0.6) is 0 Å². The maximum Gasteiger partial charge on any atom is 0.0295 e. The van der Waals surface area contributed by atoms with Gasteiger partial charge >= 0.3 is 0 Å². The van der Waals surface area contributed by atoms with E-state index in [0.717, 1.165) is 25.7 Å². The number of hydrogen-bond acceptors (Lipinski definition) is 0. The minimum Gasteiger partial charge on any atom is -0.0619 e. The number of hydrogen-bond donors (Lipinski definition) is 0. The van der Waals surface area contributed by atoms with Gasteiger partial charge in [0, 0.05) is 10.8 Å². The fraction of sp³-hybridized carbons (Fsp3) is 0.143. The Balaban J connectivity index is 0.949. The van der Waals surface area contributed by atoms with E-state index in [-0.39, 0.29) is 10.8 Å². The summed E-state index contributed by atoms with van der Waals surface area (Å²) in [4.78, 5) is 0. The Morgan fingerprint density at radius 2 is 0.673 bits per heavy atom. The number of benzene rings is 7. The van der Waals surface area contributed by atoms with Gasteiger partial charge in [0.25, 0.3) is 0 Å². The minimum absolute atomic E-state index is 0.0357. The summed E-state index contributed by atoms with van der Waals surface area (Å²) >= 11 is 0. The van der Waals surface area contributed by atoms with Crippen molar-refractivity contribution in [3.8, 4) is 44.5 Å². The highest BCUT2D eigenvalue weighted by Crippen LogP contribution is 2.57. The fourth-order valence-corrected chi connectivity index (χ4v) is 10.4. The van der Waals surface area contributed by atoms with E-state index in [1.165, 1.54) is 94.6 Å². The molecule has 7 aromatic carbocycles. The molecule has 0 atom stereocenters. The third-order valence-electron chi connectivity index (χ3n) is 12.5. The topological polar surface area (TPSA) is 0 Å². The van der Waals surface area contributed by atoms with Crippen molar-refractivity contribution in [3.63, 3.8) is 0 Å². The third-order valence-corrected chi connectivity index (χ3v) is 12.5. The minimum atomic E-state index is 0.0357. The predicted molar refractivity (Wildman–Crippen MR) is 202 cm³/mol. The van der Waals surface area contributed by atoms with Crippen molar-refractivity contribution in [2.75, 3.05) is 0 Å². The molecule has 0 radical (unpaired) electrons. The largest absolute Gasteiger partial charge is 0.0619 e. The first-order valence-corrected chi connectivity index (χ1v) is 17.8. The van der Waals surface area contributed by atoms with Crippen molar-refractivity contribution in [1.29, 1.82) is 0 Å². The Kier molecular flexibility index (Phi) is 5.50. The predicted octanol–water partition coefficient (Wildman–Crippen LogP) is 11.5. The normalized spacial score (nSPS) is 16.3. The van der Waals surface area contributed by atoms with Crippen LogP contribution < -0.4 is 0 Å². The molecule has 11 rings (SSSR count). The van der Waals surface area contributed by atoms with E-state index in [1.807, 2.05) is 0 Å². The van der Waals surface area contributed by atoms with Gasteiger partial charge in [0.15, 0.2) is 0 Å². The van der Waals surface area contributed by atoms with Gasteiger partial charge in [-0.1, -0.05) is 146 Å². The molecule has 0 nitrogen and oxygen atoms in total. The van der Waals surface area contributed by atoms with E-state index in [4.69, 9.17) is 0 Å². The van der Waals surface area contributed by atoms with Crippen molar-refractivity contribution < 1.29 is 0 Å². The third kappa shape index (κ3) is 3.75. The van der Waals surface area contributed by atoms with Crippen LogP contribution in [0.3, 0.4) is 0 Å². The highest BCUT2D eigenvalue weighted by atomic mass is 14.5. The lowest BCUT2D eigenvalue weighted by molar-refractivity contribution is 0.563. The Bertz CT molecular complexity index is 2260. The summed E-state index contributed by atoms with van der Waals surface area (Å²) in [6, 6.07) is 58.1. The average molecular weight is 625 g/mol. The van der Waals surface area contributed by atoms with Crippen molar-refractivity contribution in [3.05, 3.63) is 202 Å². The second kappa shape index (κ2) is 9.80. The van der Waals surface area contributed by atoms with Crippen LogP contribution in [0.1, 0.15) is 50.1 Å². The van der Waals surface area contributed by atoms with Gasteiger partial charge in [0.05, 0.1) is 0 Å². The molecular formula is C49H36. The molecule has 4 aliphatic carbocycles. The SMILES string of the molecule is Cc1cc(-c2ccc3c(c2)CC2(C3)c3ccccc3-c3ccccc32)cc(-c2ccc3c(c2)CC2(C3)c3ccccc3-c3ccccc32)c1. The summed E-state index contributed by atoms with van der Waals surface area (Å²) in [6.45, 7) is 2.25. The summed E-state index contributed by atoms with van der Waals surface area (Å²) in [5.41, 5.74) is 24.2. The Labute approximate surface area is 288 Å². The molecule has 0 bridgehead atoms. The molecule has 232 valence electrons. The second-order valence-electron chi connectivity index (χ2n) is 15.1. The second-order valence-corrected chi connectivity index (χ2v) is 15.1. The summed E-state index contributed by atoms with van der Waals surface area (Å²) < 4.78 is 0. The van der Waals surface area contributed by atoms with Gasteiger partial charge in [-0.2, -0.15) is 0 Å². The standard InChI is InChI=1S/C49H36/c1-31-22-36(32-18-20-34-27-48(29-38(34)24-32)44-14-6-2-10-40(44)41-11-3-7-15-45(41)48)26-37(23-31)33-19-21-35-28-49(30-39(35)25-33)46-16-8-4-12-42(46)43-13-5-9-17-47(43)49/h2-26H,27-30H2,1H3. The lowest BCUT2D eigenvalue weighted by atomic mass is 9.76. The average Bonchev–Trinajstić information content (AvgIpc) is 3.87. The zero-order chi connectivity index (χ0) is 32.3. The maximum absolute atomic E-state index is 2.49. The number of aryl methyl sites for hydroxylation is 1. The number of fused-ring (bicyclic) bond motifs is 12. The van der Waals surface area contributed by atoms with Gasteiger partial charge in [-0.05, 0) is 133 Å². The highest BCUT2D eigenvalue weighted by Gasteiger charge is 2.48. The van der Waals surface area contributed by atoms with Gasteiger partial charge in [0.2, 0.25) is 0 Å². The molecule has 0 saturated carbocycles. The van der Waals surface area contributed by atoms with Gasteiger partial charge < -0.3 is 0 Å². The van der Waals surface area contributed by atoms with E-state index in [0.29, 0.717) is 0 Å². The first-order chi connectivity index (χ1) is 24.1. The molecule has 0 aromatic heterocycles. The summed E-state index contributed by atoms with van der Waals surface area (Å²) in [6.07, 6.45) is 4.26.